The van der Waals surface area contributed by atoms with Gasteiger partial charge in [0, 0.05) is 24.7 Å². The van der Waals surface area contributed by atoms with Crippen LogP contribution in [0, 0.1) is 25.5 Å². The van der Waals surface area contributed by atoms with Crippen LogP contribution in [-0.2, 0) is 6.54 Å². The molecule has 1 aliphatic rings. The molecule has 1 saturated heterocycles. The molecule has 2 heterocycles. The van der Waals surface area contributed by atoms with Crippen molar-refractivity contribution in [1.82, 2.24) is 15.4 Å². The first-order valence-corrected chi connectivity index (χ1v) is 8.34. The molecule has 1 N–H and O–H groups in total. The highest BCUT2D eigenvalue weighted by molar-refractivity contribution is 5.96. The van der Waals surface area contributed by atoms with Crippen LogP contribution in [-0.4, -0.2) is 35.1 Å². The lowest BCUT2D eigenvalue weighted by Gasteiger charge is -2.33. The largest absolute Gasteiger partial charge is 0.361 e. The summed E-state index contributed by atoms with van der Waals surface area (Å²) in [5.74, 6) is -0.819. The zero-order valence-electron chi connectivity index (χ0n) is 14.3. The van der Waals surface area contributed by atoms with Crippen molar-refractivity contribution in [2.45, 2.75) is 39.3 Å². The van der Waals surface area contributed by atoms with Crippen LogP contribution in [0.4, 0.5) is 8.78 Å². The molecular weight excluding hydrogens is 328 g/mol. The first-order valence-electron chi connectivity index (χ1n) is 8.34. The van der Waals surface area contributed by atoms with Crippen molar-refractivity contribution in [3.63, 3.8) is 0 Å². The van der Waals surface area contributed by atoms with Gasteiger partial charge >= 0.3 is 0 Å². The molecule has 1 amide bonds. The van der Waals surface area contributed by atoms with Gasteiger partial charge in [-0.15, -0.1) is 0 Å². The molecule has 1 aromatic carbocycles. The van der Waals surface area contributed by atoms with Crippen molar-refractivity contribution < 1.29 is 18.1 Å². The number of hydrogen-bond acceptors (Lipinski definition) is 4. The van der Waals surface area contributed by atoms with E-state index in [0.29, 0.717) is 23.6 Å². The number of hydrogen-bond donors (Lipinski definition) is 1. The van der Waals surface area contributed by atoms with Crippen LogP contribution in [0.5, 0.6) is 0 Å². The number of carbonyl (C=O) groups excluding carboxylic acids is 1. The van der Waals surface area contributed by atoms with Crippen LogP contribution < -0.4 is 5.32 Å². The molecule has 1 atom stereocenters. The van der Waals surface area contributed by atoms with Gasteiger partial charge in [-0.1, -0.05) is 11.2 Å². The highest BCUT2D eigenvalue weighted by Crippen LogP contribution is 2.19. The number of nitrogens with zero attached hydrogens (tertiary/aromatic N) is 2. The van der Waals surface area contributed by atoms with E-state index in [-0.39, 0.29) is 24.1 Å². The number of likely N-dealkylation sites (tertiary alicyclic amines) is 1. The highest BCUT2D eigenvalue weighted by Gasteiger charge is 2.25. The predicted molar refractivity (Wildman–Crippen MR) is 88.1 cm³/mol. The van der Waals surface area contributed by atoms with Crippen LogP contribution in [0.2, 0.25) is 0 Å². The second-order valence-electron chi connectivity index (χ2n) is 6.45. The molecule has 1 fully saturated rings. The van der Waals surface area contributed by atoms with Crippen LogP contribution in [0.15, 0.2) is 22.7 Å². The summed E-state index contributed by atoms with van der Waals surface area (Å²) in [6, 6.07) is 3.81. The Hall–Kier alpha value is -2.28. The molecule has 3 rings (SSSR count). The normalized spacial score (nSPS) is 18.3. The van der Waals surface area contributed by atoms with E-state index < -0.39 is 11.6 Å². The summed E-state index contributed by atoms with van der Waals surface area (Å²) in [6.45, 7) is 4.90. The number of carbonyl (C=O) groups is 1. The SMILES string of the molecule is Cc1noc(C)c1C(=O)N[C@@H]1CCCN(Cc2c(F)cccc2F)C1. The molecule has 0 unspecified atom stereocenters. The number of halogens is 2. The molecule has 134 valence electrons. The van der Waals surface area contributed by atoms with Crippen LogP contribution >= 0.6 is 0 Å². The van der Waals surface area contributed by atoms with Gasteiger partial charge in [0.1, 0.15) is 23.0 Å². The Kier molecular flexibility index (Phi) is 5.13. The lowest BCUT2D eigenvalue weighted by Crippen LogP contribution is -2.47. The van der Waals surface area contributed by atoms with E-state index >= 15 is 0 Å². The average Bonchev–Trinajstić information content (AvgIpc) is 2.90. The predicted octanol–water partition coefficient (Wildman–Crippen LogP) is 2.96. The standard InChI is InChI=1S/C18H21F2N3O2/c1-11-17(12(2)25-22-11)18(24)21-13-5-4-8-23(9-13)10-14-15(19)6-3-7-16(14)20/h3,6-7,13H,4-5,8-10H2,1-2H3,(H,21,24)/t13-/m1/s1. The van der Waals surface area contributed by atoms with E-state index in [2.05, 4.69) is 10.5 Å². The third-order valence-electron chi connectivity index (χ3n) is 4.54. The summed E-state index contributed by atoms with van der Waals surface area (Å²) >= 11 is 0. The van der Waals surface area contributed by atoms with E-state index in [4.69, 9.17) is 4.52 Å². The molecule has 0 aliphatic carbocycles. The third-order valence-corrected chi connectivity index (χ3v) is 4.54. The minimum Gasteiger partial charge on any atom is -0.361 e. The molecule has 1 aliphatic heterocycles. The maximum absolute atomic E-state index is 13.8. The Labute approximate surface area is 145 Å². The lowest BCUT2D eigenvalue weighted by molar-refractivity contribution is 0.0897. The Morgan fingerprint density at radius 3 is 2.72 bits per heavy atom. The molecule has 5 nitrogen and oxygen atoms in total. The summed E-state index contributed by atoms with van der Waals surface area (Å²) in [5, 5.41) is 6.77. The average molecular weight is 349 g/mol. The number of nitrogens with one attached hydrogen (secondary N) is 1. The second kappa shape index (κ2) is 7.31. The maximum Gasteiger partial charge on any atom is 0.257 e. The van der Waals surface area contributed by atoms with Crippen molar-refractivity contribution in [2.24, 2.45) is 0 Å². The summed E-state index contributed by atoms with van der Waals surface area (Å²) in [4.78, 5) is 14.4. The fourth-order valence-corrected chi connectivity index (χ4v) is 3.29. The number of aromatic nitrogens is 1. The Balaban J connectivity index is 1.64. The summed E-state index contributed by atoms with van der Waals surface area (Å²) in [6.07, 6.45) is 1.67. The number of rotatable bonds is 4. The molecule has 2 aromatic rings. The number of benzene rings is 1. The molecule has 0 saturated carbocycles. The zero-order chi connectivity index (χ0) is 18.0. The Bertz CT molecular complexity index is 736. The number of aryl methyl sites for hydroxylation is 2. The molecule has 25 heavy (non-hydrogen) atoms. The van der Waals surface area contributed by atoms with Gasteiger partial charge in [-0.3, -0.25) is 9.69 Å². The minimum atomic E-state index is -0.540. The van der Waals surface area contributed by atoms with Gasteiger partial charge in [0.05, 0.1) is 5.69 Å². The molecular formula is C18H21F2N3O2. The van der Waals surface area contributed by atoms with Crippen LogP contribution in [0.3, 0.4) is 0 Å². The van der Waals surface area contributed by atoms with E-state index in [1.807, 2.05) is 4.90 Å². The van der Waals surface area contributed by atoms with Gasteiger partial charge in [-0.05, 0) is 45.4 Å². The first-order chi connectivity index (χ1) is 12.0. The quantitative estimate of drug-likeness (QED) is 0.922. The topological polar surface area (TPSA) is 58.4 Å². The lowest BCUT2D eigenvalue weighted by atomic mass is 10.0. The summed E-state index contributed by atoms with van der Waals surface area (Å²) in [7, 11) is 0. The second-order valence-corrected chi connectivity index (χ2v) is 6.45. The van der Waals surface area contributed by atoms with Crippen LogP contribution in [0.1, 0.15) is 40.2 Å². The Morgan fingerprint density at radius 1 is 1.36 bits per heavy atom. The van der Waals surface area contributed by atoms with Gasteiger partial charge in [0.15, 0.2) is 0 Å². The van der Waals surface area contributed by atoms with E-state index in [9.17, 15) is 13.6 Å². The van der Waals surface area contributed by atoms with E-state index in [0.717, 1.165) is 19.4 Å². The molecule has 0 spiro atoms. The van der Waals surface area contributed by atoms with Crippen molar-refractivity contribution in [3.05, 3.63) is 52.4 Å². The Morgan fingerprint density at radius 2 is 2.08 bits per heavy atom. The maximum atomic E-state index is 13.8. The third kappa shape index (κ3) is 3.87. The number of piperidine rings is 1. The van der Waals surface area contributed by atoms with Crippen LogP contribution in [0.25, 0.3) is 0 Å². The fourth-order valence-electron chi connectivity index (χ4n) is 3.29. The van der Waals surface area contributed by atoms with Gasteiger partial charge in [0.25, 0.3) is 5.91 Å². The fraction of sp³-hybridized carbons (Fsp3) is 0.444. The highest BCUT2D eigenvalue weighted by atomic mass is 19.1. The van der Waals surface area contributed by atoms with Gasteiger partial charge < -0.3 is 9.84 Å². The van der Waals surface area contributed by atoms with Gasteiger partial charge in [0.2, 0.25) is 0 Å². The van der Waals surface area contributed by atoms with Crippen molar-refractivity contribution in [2.75, 3.05) is 13.1 Å². The first kappa shape index (κ1) is 17.5. The minimum absolute atomic E-state index is 0.0696. The van der Waals surface area contributed by atoms with E-state index in [1.54, 1.807) is 13.8 Å². The monoisotopic (exact) mass is 349 g/mol. The van der Waals surface area contributed by atoms with Gasteiger partial charge in [-0.2, -0.15) is 0 Å². The molecule has 1 aromatic heterocycles. The summed E-state index contributed by atoms with van der Waals surface area (Å²) in [5.41, 5.74) is 1.08. The van der Waals surface area contributed by atoms with Crippen molar-refractivity contribution in [1.29, 1.82) is 0 Å². The zero-order valence-corrected chi connectivity index (χ0v) is 14.3. The van der Waals surface area contributed by atoms with E-state index in [1.165, 1.54) is 18.2 Å². The summed E-state index contributed by atoms with van der Waals surface area (Å²) < 4.78 is 32.7. The smallest absolute Gasteiger partial charge is 0.257 e. The van der Waals surface area contributed by atoms with Crippen molar-refractivity contribution in [3.8, 4) is 0 Å². The number of amides is 1. The van der Waals surface area contributed by atoms with Gasteiger partial charge in [-0.25, -0.2) is 8.78 Å². The molecule has 0 radical (unpaired) electrons. The van der Waals surface area contributed by atoms with Crippen molar-refractivity contribution >= 4 is 5.91 Å². The molecule has 0 bridgehead atoms. The molecule has 7 heteroatoms.